The highest BCUT2D eigenvalue weighted by molar-refractivity contribution is 5.41. The largest absolute Gasteiger partial charge is 0.493 e. The number of hydrogen-bond donors (Lipinski definition) is 1. The molecule has 1 aromatic carbocycles. The van der Waals surface area contributed by atoms with Gasteiger partial charge in [-0.15, -0.1) is 0 Å². The molecule has 80 valence electrons. The summed E-state index contributed by atoms with van der Waals surface area (Å²) < 4.78 is 5.60. The maximum atomic E-state index is 5.60. The normalized spacial score (nSPS) is 24.7. The van der Waals surface area contributed by atoms with Gasteiger partial charge in [0, 0.05) is 12.5 Å². The van der Waals surface area contributed by atoms with Crippen molar-refractivity contribution in [2.45, 2.75) is 31.7 Å². The molecule has 0 saturated carbocycles. The van der Waals surface area contributed by atoms with Crippen LogP contribution in [0.15, 0.2) is 18.2 Å². The molecule has 15 heavy (non-hydrogen) atoms. The number of fused-ring (bicyclic) bond motifs is 1. The number of rotatable bonds is 1. The molecule has 0 unspecified atom stereocenters. The first kappa shape index (κ1) is 9.22. The van der Waals surface area contributed by atoms with Crippen LogP contribution in [0.3, 0.4) is 0 Å². The predicted molar refractivity (Wildman–Crippen MR) is 60.2 cm³/mol. The molecule has 2 heterocycles. The van der Waals surface area contributed by atoms with E-state index in [0.717, 1.165) is 25.3 Å². The molecule has 1 N–H and O–H groups in total. The number of benzene rings is 1. The second-order valence-corrected chi connectivity index (χ2v) is 4.47. The Bertz CT molecular complexity index is 356. The molecular weight excluding hydrogens is 186 g/mol. The Balaban J connectivity index is 1.85. The van der Waals surface area contributed by atoms with E-state index in [1.54, 1.807) is 0 Å². The lowest BCUT2D eigenvalue weighted by atomic mass is 9.96. The molecular formula is C13H17NO. The van der Waals surface area contributed by atoms with Gasteiger partial charge >= 0.3 is 0 Å². The summed E-state index contributed by atoms with van der Waals surface area (Å²) in [5, 5.41) is 3.57. The van der Waals surface area contributed by atoms with Crippen molar-refractivity contribution in [3.8, 4) is 5.75 Å². The van der Waals surface area contributed by atoms with Crippen molar-refractivity contribution < 1.29 is 4.74 Å². The molecule has 3 rings (SSSR count). The highest BCUT2D eigenvalue weighted by Crippen LogP contribution is 2.31. The number of piperidine rings is 1. The van der Waals surface area contributed by atoms with E-state index in [2.05, 4.69) is 23.5 Å². The first-order valence-corrected chi connectivity index (χ1v) is 5.92. The molecule has 2 aliphatic rings. The van der Waals surface area contributed by atoms with Gasteiger partial charge in [0.2, 0.25) is 0 Å². The molecule has 1 saturated heterocycles. The Morgan fingerprint density at radius 2 is 2.27 bits per heavy atom. The van der Waals surface area contributed by atoms with Gasteiger partial charge in [0.05, 0.1) is 6.61 Å². The van der Waals surface area contributed by atoms with E-state index in [1.807, 2.05) is 0 Å². The lowest BCUT2D eigenvalue weighted by molar-refractivity contribution is 0.355. The standard InChI is InChI=1S/C13H17NO/c1-2-7-14-12(3-1)11-5-4-10-6-8-15-13(10)9-11/h4-5,9,12,14H,1-3,6-8H2/t12-/m1/s1. The van der Waals surface area contributed by atoms with Gasteiger partial charge in [0.25, 0.3) is 0 Å². The van der Waals surface area contributed by atoms with Crippen LogP contribution in [0.4, 0.5) is 0 Å². The Morgan fingerprint density at radius 1 is 1.27 bits per heavy atom. The van der Waals surface area contributed by atoms with E-state index in [0.29, 0.717) is 6.04 Å². The van der Waals surface area contributed by atoms with Gasteiger partial charge in [0.1, 0.15) is 5.75 Å². The molecule has 1 fully saturated rings. The second kappa shape index (κ2) is 3.86. The Labute approximate surface area is 90.6 Å². The minimum atomic E-state index is 0.549. The summed E-state index contributed by atoms with van der Waals surface area (Å²) in [5.74, 6) is 1.11. The molecule has 0 bridgehead atoms. The van der Waals surface area contributed by atoms with Crippen LogP contribution in [0.1, 0.15) is 36.4 Å². The fourth-order valence-corrected chi connectivity index (χ4v) is 2.54. The van der Waals surface area contributed by atoms with Crippen molar-refractivity contribution in [2.24, 2.45) is 0 Å². The summed E-state index contributed by atoms with van der Waals surface area (Å²) in [6.07, 6.45) is 5.00. The average molecular weight is 203 g/mol. The maximum absolute atomic E-state index is 5.60. The quantitative estimate of drug-likeness (QED) is 0.757. The summed E-state index contributed by atoms with van der Waals surface area (Å²) in [4.78, 5) is 0. The van der Waals surface area contributed by atoms with Crippen LogP contribution in [-0.4, -0.2) is 13.2 Å². The molecule has 1 atom stereocenters. The van der Waals surface area contributed by atoms with Crippen LogP contribution < -0.4 is 10.1 Å². The molecule has 0 aliphatic carbocycles. The average Bonchev–Trinajstić information content (AvgIpc) is 2.77. The molecule has 0 radical (unpaired) electrons. The monoisotopic (exact) mass is 203 g/mol. The van der Waals surface area contributed by atoms with Crippen molar-refractivity contribution in [1.82, 2.24) is 5.32 Å². The number of nitrogens with one attached hydrogen (secondary N) is 1. The molecule has 2 aliphatic heterocycles. The molecule has 1 aromatic rings. The van der Waals surface area contributed by atoms with E-state index in [1.165, 1.54) is 30.4 Å². The Hall–Kier alpha value is -1.02. The van der Waals surface area contributed by atoms with E-state index in [9.17, 15) is 0 Å². The van der Waals surface area contributed by atoms with Crippen LogP contribution in [-0.2, 0) is 6.42 Å². The van der Waals surface area contributed by atoms with Gasteiger partial charge in [-0.05, 0) is 36.6 Å². The molecule has 0 spiro atoms. The minimum Gasteiger partial charge on any atom is -0.493 e. The van der Waals surface area contributed by atoms with Crippen LogP contribution in [0.5, 0.6) is 5.75 Å². The molecule has 2 nitrogen and oxygen atoms in total. The van der Waals surface area contributed by atoms with Crippen LogP contribution >= 0.6 is 0 Å². The fourth-order valence-electron chi connectivity index (χ4n) is 2.54. The molecule has 0 aromatic heterocycles. The van der Waals surface area contributed by atoms with Gasteiger partial charge in [-0.3, -0.25) is 0 Å². The molecule has 2 heteroatoms. The SMILES string of the molecule is c1cc2c(cc1[C@H]1CCCCN1)OCC2. The molecule has 0 amide bonds. The van der Waals surface area contributed by atoms with Gasteiger partial charge in [-0.1, -0.05) is 18.6 Å². The Kier molecular flexibility index (Phi) is 2.37. The van der Waals surface area contributed by atoms with Crippen molar-refractivity contribution in [3.05, 3.63) is 29.3 Å². The first-order valence-electron chi connectivity index (χ1n) is 5.92. The van der Waals surface area contributed by atoms with Crippen molar-refractivity contribution >= 4 is 0 Å². The predicted octanol–water partition coefficient (Wildman–Crippen LogP) is 2.44. The van der Waals surface area contributed by atoms with Gasteiger partial charge in [-0.2, -0.15) is 0 Å². The summed E-state index contributed by atoms with van der Waals surface area (Å²) in [6.45, 7) is 2.01. The van der Waals surface area contributed by atoms with Crippen molar-refractivity contribution in [2.75, 3.05) is 13.2 Å². The zero-order chi connectivity index (χ0) is 10.1. The third kappa shape index (κ3) is 1.74. The third-order valence-corrected chi connectivity index (χ3v) is 3.43. The first-order chi connectivity index (χ1) is 7.43. The van der Waals surface area contributed by atoms with Crippen LogP contribution in [0.25, 0.3) is 0 Å². The van der Waals surface area contributed by atoms with E-state index in [4.69, 9.17) is 4.74 Å². The number of ether oxygens (including phenoxy) is 1. The zero-order valence-corrected chi connectivity index (χ0v) is 8.96. The highest BCUT2D eigenvalue weighted by atomic mass is 16.5. The third-order valence-electron chi connectivity index (χ3n) is 3.43. The van der Waals surface area contributed by atoms with Crippen molar-refractivity contribution in [1.29, 1.82) is 0 Å². The van der Waals surface area contributed by atoms with Gasteiger partial charge in [-0.25, -0.2) is 0 Å². The maximum Gasteiger partial charge on any atom is 0.122 e. The highest BCUT2D eigenvalue weighted by Gasteiger charge is 2.18. The van der Waals surface area contributed by atoms with Gasteiger partial charge < -0.3 is 10.1 Å². The van der Waals surface area contributed by atoms with Gasteiger partial charge in [0.15, 0.2) is 0 Å². The Morgan fingerprint density at radius 3 is 3.13 bits per heavy atom. The summed E-state index contributed by atoms with van der Waals surface area (Å²) in [5.41, 5.74) is 2.77. The van der Waals surface area contributed by atoms with E-state index in [-0.39, 0.29) is 0 Å². The summed E-state index contributed by atoms with van der Waals surface area (Å²) in [7, 11) is 0. The summed E-state index contributed by atoms with van der Waals surface area (Å²) >= 11 is 0. The minimum absolute atomic E-state index is 0.549. The smallest absolute Gasteiger partial charge is 0.122 e. The lowest BCUT2D eigenvalue weighted by Gasteiger charge is -2.24. The fraction of sp³-hybridized carbons (Fsp3) is 0.538. The number of hydrogen-bond acceptors (Lipinski definition) is 2. The van der Waals surface area contributed by atoms with Crippen LogP contribution in [0, 0.1) is 0 Å². The topological polar surface area (TPSA) is 21.3 Å². The van der Waals surface area contributed by atoms with Crippen LogP contribution in [0.2, 0.25) is 0 Å². The van der Waals surface area contributed by atoms with Crippen molar-refractivity contribution in [3.63, 3.8) is 0 Å². The second-order valence-electron chi connectivity index (χ2n) is 4.47. The lowest BCUT2D eigenvalue weighted by Crippen LogP contribution is -2.26. The zero-order valence-electron chi connectivity index (χ0n) is 8.96. The van der Waals surface area contributed by atoms with E-state index < -0.39 is 0 Å². The van der Waals surface area contributed by atoms with E-state index >= 15 is 0 Å². The summed E-state index contributed by atoms with van der Waals surface area (Å²) in [6, 6.07) is 7.27.